The van der Waals surface area contributed by atoms with Gasteiger partial charge in [0.2, 0.25) is 0 Å². The van der Waals surface area contributed by atoms with E-state index in [-0.39, 0.29) is 0 Å². The Kier molecular flexibility index (Phi) is 9.57. The van der Waals surface area contributed by atoms with E-state index in [2.05, 4.69) is 41.9 Å². The number of aromatic nitrogens is 1. The summed E-state index contributed by atoms with van der Waals surface area (Å²) in [6.45, 7) is 4.25. The summed E-state index contributed by atoms with van der Waals surface area (Å²) in [5, 5.41) is 3.34. The Bertz CT molecular complexity index is 326. The van der Waals surface area contributed by atoms with Crippen molar-refractivity contribution >= 4 is 24.0 Å². The van der Waals surface area contributed by atoms with Gasteiger partial charge in [0, 0.05) is 11.9 Å². The zero-order valence-electron chi connectivity index (χ0n) is 12.4. The second-order valence-electron chi connectivity index (χ2n) is 5.29. The van der Waals surface area contributed by atoms with Crippen molar-refractivity contribution in [3.05, 3.63) is 16.1 Å². The van der Waals surface area contributed by atoms with E-state index in [0.717, 1.165) is 12.3 Å². The van der Waals surface area contributed by atoms with Gasteiger partial charge in [-0.3, -0.25) is 0 Å². The Morgan fingerprint density at radius 1 is 1.11 bits per heavy atom. The van der Waals surface area contributed by atoms with Crippen molar-refractivity contribution < 1.29 is 0 Å². The number of aryl methyl sites for hydroxylation is 1. The molecule has 0 aliphatic carbocycles. The summed E-state index contributed by atoms with van der Waals surface area (Å²) in [6.07, 6.45) is 9.46. The first-order valence-corrected chi connectivity index (χ1v) is 8.94. The van der Waals surface area contributed by atoms with Gasteiger partial charge in [0.05, 0.1) is 10.7 Å². The van der Waals surface area contributed by atoms with E-state index in [9.17, 15) is 0 Å². The highest BCUT2D eigenvalue weighted by atomic mass is 32.1. The van der Waals surface area contributed by atoms with Crippen molar-refractivity contribution in [3.8, 4) is 0 Å². The standard InChI is InChI=1S/C15H28N2S2/c1-14-16-15(13-19-14)12-17(2)10-8-6-4-3-5-7-9-11-18/h13,18H,3-12H2,1-2H3. The van der Waals surface area contributed by atoms with Gasteiger partial charge in [-0.1, -0.05) is 32.1 Å². The summed E-state index contributed by atoms with van der Waals surface area (Å²) in [4.78, 5) is 6.89. The number of thiol groups is 1. The minimum atomic E-state index is 0.992. The maximum atomic E-state index is 4.51. The lowest BCUT2D eigenvalue weighted by Gasteiger charge is -2.14. The van der Waals surface area contributed by atoms with E-state index >= 15 is 0 Å². The molecule has 1 heterocycles. The maximum absolute atomic E-state index is 4.51. The molecule has 0 unspecified atom stereocenters. The van der Waals surface area contributed by atoms with E-state index in [1.165, 1.54) is 62.2 Å². The maximum Gasteiger partial charge on any atom is 0.0897 e. The van der Waals surface area contributed by atoms with E-state index < -0.39 is 0 Å². The molecule has 0 radical (unpaired) electrons. The number of hydrogen-bond donors (Lipinski definition) is 1. The molecule has 0 saturated heterocycles. The third-order valence-corrected chi connectivity index (χ3v) is 4.43. The largest absolute Gasteiger partial charge is 0.301 e. The zero-order chi connectivity index (χ0) is 13.9. The van der Waals surface area contributed by atoms with Gasteiger partial charge >= 0.3 is 0 Å². The third kappa shape index (κ3) is 8.66. The lowest BCUT2D eigenvalue weighted by molar-refractivity contribution is 0.313. The van der Waals surface area contributed by atoms with E-state index in [1.807, 2.05) is 0 Å². The molecule has 1 rings (SSSR count). The molecule has 0 saturated carbocycles. The fraction of sp³-hybridized carbons (Fsp3) is 0.800. The van der Waals surface area contributed by atoms with Crippen LogP contribution in [0.3, 0.4) is 0 Å². The Balaban J connectivity index is 1.94. The molecule has 19 heavy (non-hydrogen) atoms. The number of unbranched alkanes of at least 4 members (excludes halogenated alkanes) is 6. The molecular weight excluding hydrogens is 272 g/mol. The normalized spacial score (nSPS) is 11.4. The van der Waals surface area contributed by atoms with Crippen molar-refractivity contribution in [2.75, 3.05) is 19.3 Å². The molecule has 0 aliphatic rings. The summed E-state index contributed by atoms with van der Waals surface area (Å²) in [5.74, 6) is 1.04. The fourth-order valence-corrected chi connectivity index (χ4v) is 3.04. The Hall–Kier alpha value is -0.0600. The number of thiazole rings is 1. The first-order valence-electron chi connectivity index (χ1n) is 7.43. The smallest absolute Gasteiger partial charge is 0.0897 e. The van der Waals surface area contributed by atoms with Gasteiger partial charge in [-0.15, -0.1) is 11.3 Å². The van der Waals surface area contributed by atoms with Gasteiger partial charge in [0.15, 0.2) is 0 Å². The van der Waals surface area contributed by atoms with Crippen LogP contribution in [0.4, 0.5) is 0 Å². The predicted molar refractivity (Wildman–Crippen MR) is 89.4 cm³/mol. The topological polar surface area (TPSA) is 16.1 Å². The number of nitrogens with zero attached hydrogens (tertiary/aromatic N) is 2. The van der Waals surface area contributed by atoms with Crippen LogP contribution in [0.1, 0.15) is 55.6 Å². The van der Waals surface area contributed by atoms with Crippen LogP contribution in [-0.4, -0.2) is 29.2 Å². The zero-order valence-corrected chi connectivity index (χ0v) is 14.1. The van der Waals surface area contributed by atoms with Gasteiger partial charge in [-0.25, -0.2) is 4.98 Å². The second kappa shape index (κ2) is 10.7. The first kappa shape index (κ1) is 17.0. The van der Waals surface area contributed by atoms with E-state index in [4.69, 9.17) is 0 Å². The SMILES string of the molecule is Cc1nc(CN(C)CCCCCCCCCS)cs1. The summed E-state index contributed by atoms with van der Waals surface area (Å²) in [7, 11) is 2.20. The molecule has 110 valence electrons. The monoisotopic (exact) mass is 300 g/mol. The Labute approximate surface area is 128 Å². The van der Waals surface area contributed by atoms with Crippen LogP contribution in [0, 0.1) is 6.92 Å². The Morgan fingerprint density at radius 3 is 2.32 bits per heavy atom. The summed E-state index contributed by atoms with van der Waals surface area (Å²) >= 11 is 5.98. The predicted octanol–water partition coefficient (Wildman–Crippen LogP) is 4.54. The minimum absolute atomic E-state index is 0.992. The molecule has 2 nitrogen and oxygen atoms in total. The third-order valence-electron chi connectivity index (χ3n) is 3.30. The summed E-state index contributed by atoms with van der Waals surface area (Å²) in [6, 6.07) is 0. The van der Waals surface area contributed by atoms with E-state index in [1.54, 1.807) is 11.3 Å². The van der Waals surface area contributed by atoms with E-state index in [0.29, 0.717) is 0 Å². The molecule has 0 N–H and O–H groups in total. The van der Waals surface area contributed by atoms with Crippen LogP contribution in [0.15, 0.2) is 5.38 Å². The van der Waals surface area contributed by atoms with Crippen LogP contribution >= 0.6 is 24.0 Å². The quantitative estimate of drug-likeness (QED) is 0.477. The molecule has 0 aromatic carbocycles. The van der Waals surface area contributed by atoms with Gasteiger partial charge in [0.1, 0.15) is 0 Å². The van der Waals surface area contributed by atoms with Crippen LogP contribution < -0.4 is 0 Å². The average Bonchev–Trinajstić information content (AvgIpc) is 2.78. The molecule has 1 aromatic heterocycles. The van der Waals surface area contributed by atoms with Crippen molar-refractivity contribution in [2.45, 2.75) is 58.4 Å². The van der Waals surface area contributed by atoms with Crippen LogP contribution in [0.5, 0.6) is 0 Å². The molecule has 0 fully saturated rings. The Morgan fingerprint density at radius 2 is 1.74 bits per heavy atom. The molecule has 0 spiro atoms. The van der Waals surface area contributed by atoms with Crippen molar-refractivity contribution in [3.63, 3.8) is 0 Å². The van der Waals surface area contributed by atoms with Crippen LogP contribution in [0.2, 0.25) is 0 Å². The van der Waals surface area contributed by atoms with Gasteiger partial charge in [-0.2, -0.15) is 12.6 Å². The number of rotatable bonds is 11. The second-order valence-corrected chi connectivity index (χ2v) is 6.80. The minimum Gasteiger partial charge on any atom is -0.301 e. The van der Waals surface area contributed by atoms with Crippen LogP contribution in [0.25, 0.3) is 0 Å². The molecule has 0 aliphatic heterocycles. The highest BCUT2D eigenvalue weighted by molar-refractivity contribution is 7.80. The average molecular weight is 301 g/mol. The van der Waals surface area contributed by atoms with Crippen molar-refractivity contribution in [1.82, 2.24) is 9.88 Å². The summed E-state index contributed by atoms with van der Waals surface area (Å²) in [5.41, 5.74) is 1.22. The summed E-state index contributed by atoms with van der Waals surface area (Å²) < 4.78 is 0. The van der Waals surface area contributed by atoms with Gasteiger partial charge < -0.3 is 4.90 Å². The van der Waals surface area contributed by atoms with Crippen LogP contribution in [-0.2, 0) is 6.54 Å². The molecule has 1 aromatic rings. The fourth-order valence-electron chi connectivity index (χ4n) is 2.21. The lowest BCUT2D eigenvalue weighted by Crippen LogP contribution is -2.19. The van der Waals surface area contributed by atoms with Gasteiger partial charge in [0.25, 0.3) is 0 Å². The van der Waals surface area contributed by atoms with Crippen molar-refractivity contribution in [1.29, 1.82) is 0 Å². The van der Waals surface area contributed by atoms with Gasteiger partial charge in [-0.05, 0) is 39.1 Å². The molecule has 0 bridgehead atoms. The first-order chi connectivity index (χ1) is 9.22. The molecule has 0 atom stereocenters. The highest BCUT2D eigenvalue weighted by Gasteiger charge is 2.03. The number of hydrogen-bond acceptors (Lipinski definition) is 4. The molecule has 0 amide bonds. The lowest BCUT2D eigenvalue weighted by atomic mass is 10.1. The van der Waals surface area contributed by atoms with Crippen molar-refractivity contribution in [2.24, 2.45) is 0 Å². The molecule has 4 heteroatoms. The molecular formula is C15H28N2S2. The highest BCUT2D eigenvalue weighted by Crippen LogP contribution is 2.11.